The van der Waals surface area contributed by atoms with Gasteiger partial charge in [-0.25, -0.2) is 8.78 Å². The fourth-order valence-corrected chi connectivity index (χ4v) is 1.20. The Morgan fingerprint density at radius 3 is 2.00 bits per heavy atom. The van der Waals surface area contributed by atoms with Crippen molar-refractivity contribution in [3.8, 4) is 0 Å². The van der Waals surface area contributed by atoms with Crippen LogP contribution in [0.4, 0.5) is 22.0 Å². The zero-order valence-corrected chi connectivity index (χ0v) is 7.98. The molecule has 1 saturated carbocycles. The number of halogens is 5. The van der Waals surface area contributed by atoms with E-state index in [-0.39, 0.29) is 12.8 Å². The van der Waals surface area contributed by atoms with E-state index in [1.54, 1.807) is 0 Å². The topological polar surface area (TPSA) is 18.5 Å². The van der Waals surface area contributed by atoms with Crippen molar-refractivity contribution >= 4 is 0 Å². The molecule has 0 bridgehead atoms. The van der Waals surface area contributed by atoms with Crippen LogP contribution < -0.4 is 0 Å². The van der Waals surface area contributed by atoms with E-state index < -0.39 is 31.1 Å². The maximum Gasteiger partial charge on any atom is 0.522 e. The minimum absolute atomic E-state index is 0.00951. The predicted molar refractivity (Wildman–Crippen MR) is 40.5 cm³/mol. The Labute approximate surface area is 83.3 Å². The Morgan fingerprint density at radius 2 is 1.60 bits per heavy atom. The number of rotatable bonds is 4. The Kier molecular flexibility index (Phi) is 3.55. The molecule has 0 aromatic heterocycles. The summed E-state index contributed by atoms with van der Waals surface area (Å²) in [4.78, 5) is 0. The van der Waals surface area contributed by atoms with Crippen LogP contribution in [0.15, 0.2) is 0 Å². The molecule has 1 rings (SSSR count). The zero-order chi connectivity index (χ0) is 11.7. The SMILES string of the molecule is CC(F)(F)COC1CC(OC(F)(F)F)C1. The first-order valence-corrected chi connectivity index (χ1v) is 4.40. The molecule has 0 radical (unpaired) electrons. The van der Waals surface area contributed by atoms with Crippen LogP contribution in [0.5, 0.6) is 0 Å². The summed E-state index contributed by atoms with van der Waals surface area (Å²) in [6.07, 6.45) is -6.15. The summed E-state index contributed by atoms with van der Waals surface area (Å²) >= 11 is 0. The number of hydrogen-bond donors (Lipinski definition) is 0. The summed E-state index contributed by atoms with van der Waals surface area (Å²) in [7, 11) is 0. The van der Waals surface area contributed by atoms with E-state index in [0.717, 1.165) is 0 Å². The zero-order valence-electron chi connectivity index (χ0n) is 7.98. The largest absolute Gasteiger partial charge is 0.522 e. The molecule has 0 aliphatic heterocycles. The molecule has 7 heteroatoms. The van der Waals surface area contributed by atoms with Gasteiger partial charge in [0.25, 0.3) is 5.92 Å². The van der Waals surface area contributed by atoms with Crippen molar-refractivity contribution in [2.45, 2.75) is 44.3 Å². The highest BCUT2D eigenvalue weighted by Crippen LogP contribution is 2.32. The van der Waals surface area contributed by atoms with E-state index in [1.807, 2.05) is 0 Å². The Hall–Kier alpha value is -0.430. The fraction of sp³-hybridized carbons (Fsp3) is 1.00. The van der Waals surface area contributed by atoms with Crippen LogP contribution in [0.1, 0.15) is 19.8 Å². The molecule has 1 aliphatic carbocycles. The average Bonchev–Trinajstić information content (AvgIpc) is 1.89. The van der Waals surface area contributed by atoms with Crippen molar-refractivity contribution in [3.05, 3.63) is 0 Å². The molecule has 0 N–H and O–H groups in total. The predicted octanol–water partition coefficient (Wildman–Crippen LogP) is 2.73. The third-order valence-electron chi connectivity index (χ3n) is 1.92. The third-order valence-corrected chi connectivity index (χ3v) is 1.92. The van der Waals surface area contributed by atoms with Crippen molar-refractivity contribution in [1.29, 1.82) is 0 Å². The standard InChI is InChI=1S/C8H11F5O2/c1-7(9,10)4-14-5-2-6(3-5)15-8(11,12)13/h5-6H,2-4H2,1H3. The lowest BCUT2D eigenvalue weighted by molar-refractivity contribution is -0.357. The van der Waals surface area contributed by atoms with E-state index in [2.05, 4.69) is 9.47 Å². The van der Waals surface area contributed by atoms with E-state index in [9.17, 15) is 22.0 Å². The van der Waals surface area contributed by atoms with E-state index in [0.29, 0.717) is 6.92 Å². The van der Waals surface area contributed by atoms with Gasteiger partial charge >= 0.3 is 6.36 Å². The van der Waals surface area contributed by atoms with Crippen LogP contribution in [-0.2, 0) is 9.47 Å². The summed E-state index contributed by atoms with van der Waals surface area (Å²) in [5.74, 6) is -2.95. The molecule has 0 atom stereocenters. The van der Waals surface area contributed by atoms with Crippen LogP contribution in [0.25, 0.3) is 0 Å². The summed E-state index contributed by atoms with van der Waals surface area (Å²) in [5.41, 5.74) is 0. The molecule has 0 spiro atoms. The lowest BCUT2D eigenvalue weighted by Crippen LogP contribution is -2.42. The molecule has 90 valence electrons. The van der Waals surface area contributed by atoms with Gasteiger partial charge in [0.1, 0.15) is 6.61 Å². The highest BCUT2D eigenvalue weighted by Gasteiger charge is 2.41. The Morgan fingerprint density at radius 1 is 1.07 bits per heavy atom. The monoisotopic (exact) mass is 234 g/mol. The number of ether oxygens (including phenoxy) is 2. The van der Waals surface area contributed by atoms with E-state index in [1.165, 1.54) is 0 Å². The van der Waals surface area contributed by atoms with Crippen molar-refractivity contribution < 1.29 is 31.4 Å². The van der Waals surface area contributed by atoms with Gasteiger partial charge in [0.2, 0.25) is 0 Å². The fourth-order valence-electron chi connectivity index (χ4n) is 1.20. The minimum Gasteiger partial charge on any atom is -0.372 e. The second-order valence-electron chi connectivity index (χ2n) is 3.66. The smallest absolute Gasteiger partial charge is 0.372 e. The molecule has 0 unspecified atom stereocenters. The van der Waals surface area contributed by atoms with Crippen molar-refractivity contribution in [3.63, 3.8) is 0 Å². The molecule has 1 aliphatic rings. The van der Waals surface area contributed by atoms with Crippen LogP contribution in [0.2, 0.25) is 0 Å². The van der Waals surface area contributed by atoms with Gasteiger partial charge in [0.05, 0.1) is 12.2 Å². The number of alkyl halides is 5. The molecular formula is C8H11F5O2. The molecule has 0 heterocycles. The van der Waals surface area contributed by atoms with Crippen molar-refractivity contribution in [1.82, 2.24) is 0 Å². The lowest BCUT2D eigenvalue weighted by Gasteiger charge is -2.35. The maximum atomic E-state index is 12.3. The van der Waals surface area contributed by atoms with Gasteiger partial charge < -0.3 is 4.74 Å². The summed E-state index contributed by atoms with van der Waals surface area (Å²) < 4.78 is 67.8. The molecule has 1 fully saturated rings. The second-order valence-corrected chi connectivity index (χ2v) is 3.66. The van der Waals surface area contributed by atoms with Crippen LogP contribution in [0.3, 0.4) is 0 Å². The summed E-state index contributed by atoms with van der Waals surface area (Å²) in [5, 5.41) is 0. The number of hydrogen-bond acceptors (Lipinski definition) is 2. The molecule has 0 aromatic carbocycles. The first-order valence-electron chi connectivity index (χ1n) is 4.40. The average molecular weight is 234 g/mol. The quantitative estimate of drug-likeness (QED) is 0.696. The van der Waals surface area contributed by atoms with Gasteiger partial charge in [-0.05, 0) is 0 Å². The van der Waals surface area contributed by atoms with Gasteiger partial charge in [-0.15, -0.1) is 13.2 Å². The lowest BCUT2D eigenvalue weighted by atomic mass is 9.92. The molecule has 0 amide bonds. The Balaban J connectivity index is 2.11. The first kappa shape index (κ1) is 12.6. The normalized spacial score (nSPS) is 27.6. The maximum absolute atomic E-state index is 12.3. The van der Waals surface area contributed by atoms with Gasteiger partial charge in [-0.1, -0.05) is 0 Å². The van der Waals surface area contributed by atoms with Crippen LogP contribution in [0, 0.1) is 0 Å². The molecule has 0 aromatic rings. The molecular weight excluding hydrogens is 223 g/mol. The van der Waals surface area contributed by atoms with Crippen molar-refractivity contribution in [2.75, 3.05) is 6.61 Å². The highest BCUT2D eigenvalue weighted by molar-refractivity contribution is 4.82. The molecule has 15 heavy (non-hydrogen) atoms. The third kappa shape index (κ3) is 5.27. The highest BCUT2D eigenvalue weighted by atomic mass is 19.4. The van der Waals surface area contributed by atoms with Gasteiger partial charge in [0, 0.05) is 19.8 Å². The molecule has 2 nitrogen and oxygen atoms in total. The van der Waals surface area contributed by atoms with Gasteiger partial charge in [0.15, 0.2) is 0 Å². The van der Waals surface area contributed by atoms with Crippen LogP contribution in [-0.4, -0.2) is 31.1 Å². The van der Waals surface area contributed by atoms with Gasteiger partial charge in [-0.3, -0.25) is 4.74 Å². The molecule has 0 saturated heterocycles. The van der Waals surface area contributed by atoms with E-state index >= 15 is 0 Å². The van der Waals surface area contributed by atoms with Crippen LogP contribution >= 0.6 is 0 Å². The first-order chi connectivity index (χ1) is 6.66. The summed E-state index contributed by atoms with van der Waals surface area (Å²) in [6.45, 7) is -0.0776. The minimum atomic E-state index is -4.66. The van der Waals surface area contributed by atoms with Gasteiger partial charge in [-0.2, -0.15) is 0 Å². The van der Waals surface area contributed by atoms with Crippen molar-refractivity contribution in [2.24, 2.45) is 0 Å². The van der Waals surface area contributed by atoms with E-state index in [4.69, 9.17) is 0 Å². The Bertz CT molecular complexity index is 204. The summed E-state index contributed by atoms with van der Waals surface area (Å²) in [6, 6.07) is 0. The second kappa shape index (κ2) is 4.21.